The van der Waals surface area contributed by atoms with E-state index in [4.69, 9.17) is 18.9 Å². The zero-order valence-electron chi connectivity index (χ0n) is 29.9. The number of anilines is 1. The first kappa shape index (κ1) is 38.7. The molecule has 0 unspecified atom stereocenters. The predicted molar refractivity (Wildman–Crippen MR) is 185 cm³/mol. The van der Waals surface area contributed by atoms with Crippen LogP contribution in [0.25, 0.3) is 0 Å². The van der Waals surface area contributed by atoms with E-state index in [2.05, 4.69) is 10.6 Å². The number of ether oxygens (including phenoxy) is 4. The Balaban J connectivity index is 1.51. The minimum atomic E-state index is -4.09. The molecule has 0 aliphatic carbocycles. The third kappa shape index (κ3) is 9.19. The van der Waals surface area contributed by atoms with Crippen molar-refractivity contribution in [3.63, 3.8) is 0 Å². The molecule has 3 N–H and O–H groups in total. The van der Waals surface area contributed by atoms with Crippen LogP contribution in [0.3, 0.4) is 0 Å². The molecule has 2 aliphatic heterocycles. The van der Waals surface area contributed by atoms with Crippen molar-refractivity contribution in [3.05, 3.63) is 60.2 Å². The second-order valence-electron chi connectivity index (χ2n) is 15.0. The summed E-state index contributed by atoms with van der Waals surface area (Å²) in [6, 6.07) is 14.3. The minimum Gasteiger partial charge on any atom is -0.440 e. The molecular weight excluding hydrogens is 650 g/mol. The van der Waals surface area contributed by atoms with Crippen molar-refractivity contribution in [3.8, 4) is 0 Å². The second kappa shape index (κ2) is 15.0. The summed E-state index contributed by atoms with van der Waals surface area (Å²) in [7, 11) is -4.09. The van der Waals surface area contributed by atoms with Gasteiger partial charge in [-0.15, -0.1) is 0 Å². The Hall–Kier alpha value is -3.07. The molecule has 2 saturated heterocycles. The molecule has 0 aromatic heterocycles. The standard InChI is InChI=1S/C36H53N3O9S/c1-25(2)21-39(49(43,44)28-16-14-27(15-17-28)37-31(41)23-46-33(3,4)5)22-30(40)29(20-26-12-10-9-11-13-26)38-32(42)48-35(7)24-47-36(8)34(35,6)18-19-45-36/h9-17,25,29-30,40H,18-24H2,1-8H3,(H,37,41)(H,38,42)/t29-,30+,34-,35-,36+/m0/s1. The summed E-state index contributed by atoms with van der Waals surface area (Å²) in [6.07, 6.45) is -1.17. The fourth-order valence-corrected chi connectivity index (χ4v) is 7.87. The number of sulfonamides is 1. The Kier molecular flexibility index (Phi) is 11.9. The number of rotatable bonds is 14. The molecular formula is C36H53N3O9S. The number of aliphatic hydroxyl groups excluding tert-OH is 1. The molecule has 2 aliphatic rings. The van der Waals surface area contributed by atoms with Crippen molar-refractivity contribution in [1.82, 2.24) is 9.62 Å². The van der Waals surface area contributed by atoms with Gasteiger partial charge in [0.15, 0.2) is 5.79 Å². The number of nitrogens with zero attached hydrogens (tertiary/aromatic N) is 1. The van der Waals surface area contributed by atoms with Gasteiger partial charge in [-0.2, -0.15) is 4.31 Å². The maximum absolute atomic E-state index is 14.0. The number of amides is 2. The lowest BCUT2D eigenvalue weighted by molar-refractivity contribution is -0.203. The van der Waals surface area contributed by atoms with Gasteiger partial charge in [0.1, 0.15) is 12.2 Å². The summed E-state index contributed by atoms with van der Waals surface area (Å²) in [5.74, 6) is -1.32. The number of benzene rings is 2. The van der Waals surface area contributed by atoms with Gasteiger partial charge in [-0.3, -0.25) is 4.79 Å². The number of alkyl carbamates (subject to hydrolysis) is 1. The summed E-state index contributed by atoms with van der Waals surface area (Å²) < 4.78 is 52.6. The maximum Gasteiger partial charge on any atom is 0.408 e. The van der Waals surface area contributed by atoms with E-state index in [9.17, 15) is 23.1 Å². The van der Waals surface area contributed by atoms with Crippen molar-refractivity contribution >= 4 is 27.7 Å². The molecule has 2 amide bonds. The highest BCUT2D eigenvalue weighted by atomic mass is 32.2. The lowest BCUT2D eigenvalue weighted by atomic mass is 9.70. The number of hydrogen-bond donors (Lipinski definition) is 3. The molecule has 272 valence electrons. The van der Waals surface area contributed by atoms with Crippen LogP contribution in [0, 0.1) is 11.3 Å². The largest absolute Gasteiger partial charge is 0.440 e. The number of aliphatic hydroxyl groups is 1. The zero-order chi connectivity index (χ0) is 36.3. The molecule has 49 heavy (non-hydrogen) atoms. The van der Waals surface area contributed by atoms with Gasteiger partial charge in [0.2, 0.25) is 15.9 Å². The Bertz CT molecular complexity index is 1550. The monoisotopic (exact) mass is 703 g/mol. The van der Waals surface area contributed by atoms with E-state index in [1.165, 1.54) is 28.6 Å². The Morgan fingerprint density at radius 3 is 2.27 bits per heavy atom. The van der Waals surface area contributed by atoms with Crippen LogP contribution in [0.2, 0.25) is 0 Å². The van der Waals surface area contributed by atoms with Gasteiger partial charge in [-0.1, -0.05) is 51.1 Å². The fraction of sp³-hybridized carbons (Fsp3) is 0.611. The van der Waals surface area contributed by atoms with Crippen molar-refractivity contribution in [1.29, 1.82) is 0 Å². The summed E-state index contributed by atoms with van der Waals surface area (Å²) in [5.41, 5.74) is -0.810. The van der Waals surface area contributed by atoms with E-state index in [-0.39, 0.29) is 49.4 Å². The van der Waals surface area contributed by atoms with E-state index in [1.807, 2.05) is 85.7 Å². The highest BCUT2D eigenvalue weighted by Gasteiger charge is 2.68. The highest BCUT2D eigenvalue weighted by molar-refractivity contribution is 7.89. The average Bonchev–Trinajstić information content (AvgIpc) is 3.42. The molecule has 12 nitrogen and oxygen atoms in total. The van der Waals surface area contributed by atoms with Gasteiger partial charge >= 0.3 is 6.09 Å². The Morgan fingerprint density at radius 1 is 1.00 bits per heavy atom. The third-order valence-corrected chi connectivity index (χ3v) is 11.4. The number of nitrogens with one attached hydrogen (secondary N) is 2. The van der Waals surface area contributed by atoms with Crippen LogP contribution in [0.4, 0.5) is 10.5 Å². The van der Waals surface area contributed by atoms with Crippen LogP contribution in [0.15, 0.2) is 59.5 Å². The van der Waals surface area contributed by atoms with E-state index >= 15 is 0 Å². The van der Waals surface area contributed by atoms with Crippen LogP contribution in [0.1, 0.15) is 67.4 Å². The van der Waals surface area contributed by atoms with Gasteiger partial charge in [0.25, 0.3) is 0 Å². The van der Waals surface area contributed by atoms with Crippen LogP contribution in [0.5, 0.6) is 0 Å². The van der Waals surface area contributed by atoms with Crippen LogP contribution in [-0.4, -0.2) is 91.9 Å². The van der Waals surface area contributed by atoms with Crippen LogP contribution >= 0.6 is 0 Å². The maximum atomic E-state index is 14.0. The first-order chi connectivity index (χ1) is 22.8. The molecule has 0 spiro atoms. The summed E-state index contributed by atoms with van der Waals surface area (Å²) >= 11 is 0. The molecule has 0 bridgehead atoms. The normalized spacial score (nSPS) is 25.2. The zero-order valence-corrected chi connectivity index (χ0v) is 30.8. The Labute approximate surface area is 290 Å². The topological polar surface area (TPSA) is 153 Å². The number of carbonyl (C=O) groups excluding carboxylic acids is 2. The van der Waals surface area contributed by atoms with E-state index in [1.54, 1.807) is 0 Å². The van der Waals surface area contributed by atoms with Crippen LogP contribution < -0.4 is 10.6 Å². The van der Waals surface area contributed by atoms with E-state index in [0.29, 0.717) is 18.7 Å². The van der Waals surface area contributed by atoms with E-state index < -0.39 is 50.7 Å². The third-order valence-electron chi connectivity index (χ3n) is 9.53. The van der Waals surface area contributed by atoms with Gasteiger partial charge in [-0.25, -0.2) is 13.2 Å². The van der Waals surface area contributed by atoms with E-state index in [0.717, 1.165) is 5.56 Å². The fourth-order valence-electron chi connectivity index (χ4n) is 6.25. The minimum absolute atomic E-state index is 0.000465. The first-order valence-corrected chi connectivity index (χ1v) is 18.2. The van der Waals surface area contributed by atoms with Crippen molar-refractivity contribution in [2.75, 3.05) is 38.2 Å². The van der Waals surface area contributed by atoms with Gasteiger partial charge < -0.3 is 34.7 Å². The molecule has 2 fully saturated rings. The first-order valence-electron chi connectivity index (χ1n) is 16.8. The summed E-state index contributed by atoms with van der Waals surface area (Å²) in [5, 5.41) is 17.2. The molecule has 4 rings (SSSR count). The predicted octanol–water partition coefficient (Wildman–Crippen LogP) is 4.72. The summed E-state index contributed by atoms with van der Waals surface area (Å²) in [4.78, 5) is 25.8. The average molecular weight is 704 g/mol. The molecule has 2 aromatic rings. The van der Waals surface area contributed by atoms with Crippen LogP contribution in [-0.2, 0) is 40.2 Å². The molecule has 2 heterocycles. The number of fused-ring (bicyclic) bond motifs is 1. The molecule has 13 heteroatoms. The molecule has 2 aromatic carbocycles. The molecule has 0 radical (unpaired) electrons. The SMILES string of the molecule is CC(C)CN(C[C@@H](O)[C@H](Cc1ccccc1)NC(=O)O[C@@]1(C)CO[C@@]2(C)OCC[C@]21C)S(=O)(=O)c1ccc(NC(=O)COC(C)(C)C)cc1. The summed E-state index contributed by atoms with van der Waals surface area (Å²) in [6.45, 7) is 15.3. The highest BCUT2D eigenvalue weighted by Crippen LogP contribution is 2.57. The molecule has 0 saturated carbocycles. The quantitative estimate of drug-likeness (QED) is 0.254. The lowest BCUT2D eigenvalue weighted by Crippen LogP contribution is -2.55. The van der Waals surface area contributed by atoms with Gasteiger partial charge in [0, 0.05) is 18.8 Å². The van der Waals surface area contributed by atoms with Gasteiger partial charge in [-0.05, 0) is 83.2 Å². The van der Waals surface area contributed by atoms with Crippen molar-refractivity contribution in [2.45, 2.75) is 102 Å². The van der Waals surface area contributed by atoms with Crippen molar-refractivity contribution < 1.29 is 42.1 Å². The Morgan fingerprint density at radius 2 is 1.65 bits per heavy atom. The smallest absolute Gasteiger partial charge is 0.408 e. The van der Waals surface area contributed by atoms with Gasteiger partial charge in [0.05, 0.1) is 41.3 Å². The number of hydrogen-bond acceptors (Lipinski definition) is 9. The lowest BCUT2D eigenvalue weighted by Gasteiger charge is -2.40. The molecule has 5 atom stereocenters. The number of carbonyl (C=O) groups is 2. The second-order valence-corrected chi connectivity index (χ2v) is 16.9. The van der Waals surface area contributed by atoms with Crippen molar-refractivity contribution in [2.24, 2.45) is 11.3 Å².